The Morgan fingerprint density at radius 1 is 1.55 bits per heavy atom. The molecule has 0 spiro atoms. The van der Waals surface area contributed by atoms with Crippen LogP contribution in [-0.4, -0.2) is 18.3 Å². The van der Waals surface area contributed by atoms with Gasteiger partial charge in [0.25, 0.3) is 0 Å². The number of nitrogens with zero attached hydrogens (tertiary/aromatic N) is 3. The third-order valence-electron chi connectivity index (χ3n) is 4.28. The Labute approximate surface area is 137 Å². The summed E-state index contributed by atoms with van der Waals surface area (Å²) in [4.78, 5) is 17.7. The number of nitriles is 2. The van der Waals surface area contributed by atoms with Crippen LogP contribution >= 0.6 is 15.9 Å². The van der Waals surface area contributed by atoms with Crippen LogP contribution in [0.2, 0.25) is 0 Å². The van der Waals surface area contributed by atoms with Crippen molar-refractivity contribution >= 4 is 28.1 Å². The first kappa shape index (κ1) is 18.0. The van der Waals surface area contributed by atoms with Gasteiger partial charge in [-0.2, -0.15) is 10.5 Å². The van der Waals surface area contributed by atoms with E-state index < -0.39 is 23.0 Å². The van der Waals surface area contributed by atoms with Crippen LogP contribution in [0.4, 0.5) is 0 Å². The van der Waals surface area contributed by atoms with Crippen LogP contribution in [0.5, 0.6) is 0 Å². The van der Waals surface area contributed by atoms with Gasteiger partial charge in [-0.25, -0.2) is 0 Å². The summed E-state index contributed by atoms with van der Waals surface area (Å²) in [6.07, 6.45) is 1.45. The molecule has 0 radical (unpaired) electrons. The first-order chi connectivity index (χ1) is 10.4. The zero-order chi connectivity index (χ0) is 17.0. The van der Waals surface area contributed by atoms with E-state index in [0.717, 1.165) is 0 Å². The molecule has 0 aromatic heterocycles. The Morgan fingerprint density at radius 2 is 2.14 bits per heavy atom. The van der Waals surface area contributed by atoms with Gasteiger partial charge in [0.2, 0.25) is 12.1 Å². The maximum absolute atomic E-state index is 12.2. The SMILES string of the molecule is C/C=N\O[C@H]1NC(Br)=C(C#N)[C@@](C#N)(C(N)=O)C1(CC)CC. The molecule has 0 saturated heterocycles. The smallest absolute Gasteiger partial charge is 0.244 e. The molecule has 1 amide bonds. The van der Waals surface area contributed by atoms with E-state index in [1.165, 1.54) is 6.21 Å². The fourth-order valence-electron chi connectivity index (χ4n) is 3.06. The molecule has 0 aromatic carbocycles. The van der Waals surface area contributed by atoms with E-state index >= 15 is 0 Å². The number of amides is 1. The van der Waals surface area contributed by atoms with Crippen molar-refractivity contribution in [1.29, 1.82) is 10.5 Å². The lowest BCUT2D eigenvalue weighted by atomic mass is 9.55. The number of hydrogen-bond acceptors (Lipinski definition) is 6. The van der Waals surface area contributed by atoms with Gasteiger partial charge in [-0.3, -0.25) is 4.79 Å². The maximum Gasteiger partial charge on any atom is 0.244 e. The van der Waals surface area contributed by atoms with Crippen molar-refractivity contribution in [1.82, 2.24) is 5.32 Å². The van der Waals surface area contributed by atoms with Crippen LogP contribution in [0.3, 0.4) is 0 Å². The van der Waals surface area contributed by atoms with Crippen LogP contribution in [0, 0.1) is 33.5 Å². The van der Waals surface area contributed by atoms with E-state index in [1.807, 2.05) is 26.0 Å². The molecule has 0 bridgehead atoms. The summed E-state index contributed by atoms with van der Waals surface area (Å²) in [7, 11) is 0. The molecule has 0 aliphatic carbocycles. The second-order valence-corrected chi connectivity index (χ2v) is 5.68. The summed E-state index contributed by atoms with van der Waals surface area (Å²) in [6, 6.07) is 3.92. The van der Waals surface area contributed by atoms with Gasteiger partial charge in [-0.15, -0.1) is 0 Å². The summed E-state index contributed by atoms with van der Waals surface area (Å²) in [6.45, 7) is 5.32. The zero-order valence-corrected chi connectivity index (χ0v) is 14.3. The first-order valence-electron chi connectivity index (χ1n) is 6.83. The second kappa shape index (κ2) is 6.80. The summed E-state index contributed by atoms with van der Waals surface area (Å²) in [5.74, 6) is -0.872. The van der Waals surface area contributed by atoms with Crippen LogP contribution in [-0.2, 0) is 9.63 Å². The third kappa shape index (κ3) is 2.24. The van der Waals surface area contributed by atoms with Crippen molar-refractivity contribution in [2.45, 2.75) is 39.8 Å². The lowest BCUT2D eigenvalue weighted by molar-refractivity contribution is -0.145. The minimum Gasteiger partial charge on any atom is -0.370 e. The fraction of sp³-hybridized carbons (Fsp3) is 0.571. The Hall–Kier alpha value is -2.06. The van der Waals surface area contributed by atoms with Gasteiger partial charge >= 0.3 is 0 Å². The van der Waals surface area contributed by atoms with Crippen LogP contribution in [0.1, 0.15) is 33.6 Å². The Kier molecular flexibility index (Phi) is 5.56. The van der Waals surface area contributed by atoms with Gasteiger partial charge in [0.15, 0.2) is 5.41 Å². The quantitative estimate of drug-likeness (QED) is 0.435. The average molecular weight is 368 g/mol. The normalized spacial score (nSPS) is 26.9. The summed E-state index contributed by atoms with van der Waals surface area (Å²) >= 11 is 3.20. The predicted molar refractivity (Wildman–Crippen MR) is 84.0 cm³/mol. The second-order valence-electron chi connectivity index (χ2n) is 4.88. The lowest BCUT2D eigenvalue weighted by Crippen LogP contribution is -2.63. The highest BCUT2D eigenvalue weighted by molar-refractivity contribution is 9.11. The van der Waals surface area contributed by atoms with E-state index in [0.29, 0.717) is 12.8 Å². The van der Waals surface area contributed by atoms with Gasteiger partial charge in [0.1, 0.15) is 0 Å². The third-order valence-corrected chi connectivity index (χ3v) is 4.91. The number of hydrogen-bond donors (Lipinski definition) is 2. The van der Waals surface area contributed by atoms with Crippen molar-refractivity contribution in [3.63, 3.8) is 0 Å². The van der Waals surface area contributed by atoms with E-state index in [4.69, 9.17) is 10.6 Å². The molecule has 3 N–H and O–H groups in total. The minimum absolute atomic E-state index is 0.0356. The molecule has 2 atom stereocenters. The van der Waals surface area contributed by atoms with Crippen molar-refractivity contribution in [2.75, 3.05) is 0 Å². The van der Waals surface area contributed by atoms with Crippen LogP contribution in [0.25, 0.3) is 0 Å². The highest BCUT2D eigenvalue weighted by atomic mass is 79.9. The van der Waals surface area contributed by atoms with Gasteiger partial charge in [0.05, 0.1) is 27.7 Å². The maximum atomic E-state index is 12.2. The molecular formula is C14H18BrN5O2. The van der Waals surface area contributed by atoms with Crippen LogP contribution in [0.15, 0.2) is 15.3 Å². The standard InChI is InChI=1S/C14H18BrN5O2/c1-4-13(5-2)12(22-19-6-3)20-10(15)9(7-16)14(13,8-17)11(18)21/h6,12,20H,4-5H2,1-3H3,(H2,18,21)/b19-6-/t12-,14+/m1/s1. The van der Waals surface area contributed by atoms with Gasteiger partial charge in [-0.1, -0.05) is 19.0 Å². The molecule has 1 aliphatic heterocycles. The van der Waals surface area contributed by atoms with E-state index in [9.17, 15) is 15.3 Å². The zero-order valence-electron chi connectivity index (χ0n) is 12.7. The van der Waals surface area contributed by atoms with Crippen LogP contribution < -0.4 is 11.1 Å². The predicted octanol–water partition coefficient (Wildman–Crippen LogP) is 1.87. The molecule has 22 heavy (non-hydrogen) atoms. The molecule has 0 unspecified atom stereocenters. The molecule has 1 rings (SSSR count). The molecule has 1 heterocycles. The number of oxime groups is 1. The van der Waals surface area contributed by atoms with E-state index in [2.05, 4.69) is 26.4 Å². The summed E-state index contributed by atoms with van der Waals surface area (Å²) in [5.41, 5.74) is 2.71. The molecule has 1 aliphatic rings. The van der Waals surface area contributed by atoms with Crippen molar-refractivity contribution < 1.29 is 9.63 Å². The number of rotatable bonds is 5. The largest absolute Gasteiger partial charge is 0.370 e. The molecular weight excluding hydrogens is 350 g/mol. The number of halogens is 1. The van der Waals surface area contributed by atoms with Crippen molar-refractivity contribution in [2.24, 2.45) is 21.7 Å². The number of primary amides is 1. The number of nitrogens with two attached hydrogens (primary N) is 1. The Balaban J connectivity index is 3.76. The van der Waals surface area contributed by atoms with Gasteiger partial charge < -0.3 is 15.9 Å². The molecule has 0 aromatic rings. The highest BCUT2D eigenvalue weighted by Crippen LogP contribution is 2.55. The Morgan fingerprint density at radius 3 is 2.50 bits per heavy atom. The number of nitrogens with one attached hydrogen (secondary N) is 1. The first-order valence-corrected chi connectivity index (χ1v) is 7.62. The number of carbonyl (C=O) groups is 1. The van der Waals surface area contributed by atoms with Gasteiger partial charge in [0, 0.05) is 6.21 Å². The van der Waals surface area contributed by atoms with Crippen molar-refractivity contribution in [3.8, 4) is 12.1 Å². The van der Waals surface area contributed by atoms with E-state index in [1.54, 1.807) is 6.92 Å². The Bertz CT molecular complexity index is 597. The van der Waals surface area contributed by atoms with Gasteiger partial charge in [-0.05, 0) is 35.7 Å². The molecule has 0 fully saturated rings. The van der Waals surface area contributed by atoms with E-state index in [-0.39, 0.29) is 10.2 Å². The average Bonchev–Trinajstić information content (AvgIpc) is 2.51. The summed E-state index contributed by atoms with van der Waals surface area (Å²) < 4.78 is 0.212. The molecule has 8 heteroatoms. The van der Waals surface area contributed by atoms with Crippen molar-refractivity contribution in [3.05, 3.63) is 10.2 Å². The molecule has 118 valence electrons. The fourth-order valence-corrected chi connectivity index (χ4v) is 3.65. The monoisotopic (exact) mass is 367 g/mol. The summed E-state index contributed by atoms with van der Waals surface area (Å²) in [5, 5.41) is 26.0. The highest BCUT2D eigenvalue weighted by Gasteiger charge is 2.65. The lowest BCUT2D eigenvalue weighted by Gasteiger charge is -2.50. The molecule has 7 nitrogen and oxygen atoms in total. The molecule has 0 saturated carbocycles. The number of carbonyl (C=O) groups excluding carboxylic acids is 1. The minimum atomic E-state index is -1.80. The topological polar surface area (TPSA) is 124 Å².